The largest absolute Gasteiger partial charge is 0.504 e. The van der Waals surface area contributed by atoms with Crippen LogP contribution < -0.4 is 10.1 Å². The zero-order chi connectivity index (χ0) is 21.6. The summed E-state index contributed by atoms with van der Waals surface area (Å²) in [5.74, 6) is 0.299. The summed E-state index contributed by atoms with van der Waals surface area (Å²) in [5, 5.41) is 13.6. The third-order valence-electron chi connectivity index (χ3n) is 3.81. The van der Waals surface area contributed by atoms with E-state index in [0.717, 1.165) is 0 Å². The van der Waals surface area contributed by atoms with E-state index in [1.807, 2.05) is 6.07 Å². The Morgan fingerprint density at radius 1 is 1.21 bits per heavy atom. The van der Waals surface area contributed by atoms with E-state index in [4.69, 9.17) is 13.8 Å². The third-order valence-corrected chi connectivity index (χ3v) is 6.19. The van der Waals surface area contributed by atoms with Crippen molar-refractivity contribution in [2.75, 3.05) is 12.4 Å². The summed E-state index contributed by atoms with van der Waals surface area (Å²) in [6.07, 6.45) is 4.24. The van der Waals surface area contributed by atoms with Crippen LogP contribution in [0, 0.1) is 6.92 Å². The number of phenols is 1. The van der Waals surface area contributed by atoms with Gasteiger partial charge in [-0.15, -0.1) is 0 Å². The van der Waals surface area contributed by atoms with E-state index in [1.54, 1.807) is 71.4 Å². The summed E-state index contributed by atoms with van der Waals surface area (Å²) in [6, 6.07) is 6.95. The minimum Gasteiger partial charge on any atom is -0.504 e. The van der Waals surface area contributed by atoms with Gasteiger partial charge in [0.2, 0.25) is 0 Å². The number of aromatic hydroxyl groups is 1. The normalized spacial score (nSPS) is 12.5. The van der Waals surface area contributed by atoms with E-state index in [1.165, 1.54) is 7.11 Å². The Bertz CT molecular complexity index is 883. The molecule has 8 heteroatoms. The summed E-state index contributed by atoms with van der Waals surface area (Å²) in [7, 11) is -2.26. The molecule has 0 saturated heterocycles. The SMILES string of the molecule is COc1cc(/C(=C/Nc2cccnc2)P(=O)(OC(C)C)OC(C)C)cc(C)c1O. The molecule has 1 aromatic heterocycles. The first-order valence-electron chi connectivity index (χ1n) is 9.38. The van der Waals surface area contributed by atoms with Crippen molar-refractivity contribution >= 4 is 18.6 Å². The molecule has 0 aliphatic rings. The second-order valence-electron chi connectivity index (χ2n) is 7.07. The van der Waals surface area contributed by atoms with Gasteiger partial charge >= 0.3 is 7.60 Å². The standard InChI is InChI=1S/C21H29N2O5P/c1-14(2)27-29(25,28-15(3)4)20(13-23-18-8-7-9-22-12-18)17-10-16(5)21(24)19(11-17)26-6/h7-15,23-24H,1-6H3/b20-13-. The van der Waals surface area contributed by atoms with E-state index in [2.05, 4.69) is 10.3 Å². The first kappa shape index (κ1) is 22.9. The molecular formula is C21H29N2O5P. The van der Waals surface area contributed by atoms with Crippen LogP contribution in [0.15, 0.2) is 42.9 Å². The summed E-state index contributed by atoms with van der Waals surface area (Å²) < 4.78 is 30.8. The van der Waals surface area contributed by atoms with Gasteiger partial charge in [0.1, 0.15) is 0 Å². The van der Waals surface area contributed by atoms with Crippen molar-refractivity contribution in [1.82, 2.24) is 4.98 Å². The van der Waals surface area contributed by atoms with E-state index >= 15 is 0 Å². The number of nitrogens with zero attached hydrogens (tertiary/aromatic N) is 1. The number of phenolic OH excluding ortho intramolecular Hbond substituents is 1. The number of nitrogens with one attached hydrogen (secondary N) is 1. The molecule has 158 valence electrons. The van der Waals surface area contributed by atoms with Gasteiger partial charge in [-0.25, -0.2) is 0 Å². The molecule has 0 atom stereocenters. The number of anilines is 1. The van der Waals surface area contributed by atoms with Gasteiger partial charge in [-0.05, 0) is 70.0 Å². The lowest BCUT2D eigenvalue weighted by Gasteiger charge is -2.26. The molecule has 2 rings (SSSR count). The maximum absolute atomic E-state index is 13.9. The zero-order valence-electron chi connectivity index (χ0n) is 17.7. The Labute approximate surface area is 172 Å². The second-order valence-corrected chi connectivity index (χ2v) is 8.96. The van der Waals surface area contributed by atoms with Crippen LogP contribution in [0.5, 0.6) is 11.5 Å². The van der Waals surface area contributed by atoms with Crippen molar-refractivity contribution in [2.45, 2.75) is 46.8 Å². The number of aromatic nitrogens is 1. The van der Waals surface area contributed by atoms with Gasteiger partial charge < -0.3 is 24.2 Å². The fourth-order valence-corrected chi connectivity index (χ4v) is 4.72. The molecule has 0 fully saturated rings. The molecule has 1 heterocycles. The maximum atomic E-state index is 13.9. The van der Waals surface area contributed by atoms with Gasteiger partial charge in [0.15, 0.2) is 11.5 Å². The number of rotatable bonds is 9. The summed E-state index contributed by atoms with van der Waals surface area (Å²) in [6.45, 7) is 8.93. The van der Waals surface area contributed by atoms with E-state index in [9.17, 15) is 9.67 Å². The van der Waals surface area contributed by atoms with Gasteiger partial charge in [0.25, 0.3) is 0 Å². The smallest absolute Gasteiger partial charge is 0.363 e. The molecular weight excluding hydrogens is 391 g/mol. The third kappa shape index (κ3) is 6.07. The molecule has 29 heavy (non-hydrogen) atoms. The van der Waals surface area contributed by atoms with Crippen LogP contribution in [0.25, 0.3) is 5.31 Å². The maximum Gasteiger partial charge on any atom is 0.363 e. The number of hydrogen-bond donors (Lipinski definition) is 2. The Morgan fingerprint density at radius 2 is 1.86 bits per heavy atom. The number of benzene rings is 1. The van der Waals surface area contributed by atoms with Gasteiger partial charge in [-0.3, -0.25) is 9.55 Å². The van der Waals surface area contributed by atoms with Crippen molar-refractivity contribution in [1.29, 1.82) is 0 Å². The Balaban J connectivity index is 2.64. The molecule has 0 aliphatic heterocycles. The first-order chi connectivity index (χ1) is 13.7. The number of aryl methyl sites for hydroxylation is 1. The van der Waals surface area contributed by atoms with Crippen molar-refractivity contribution in [2.24, 2.45) is 0 Å². The predicted octanol–water partition coefficient (Wildman–Crippen LogP) is 5.56. The lowest BCUT2D eigenvalue weighted by atomic mass is 10.1. The Morgan fingerprint density at radius 3 is 2.38 bits per heavy atom. The van der Waals surface area contributed by atoms with Gasteiger partial charge in [-0.2, -0.15) is 0 Å². The fraction of sp³-hybridized carbons (Fsp3) is 0.381. The van der Waals surface area contributed by atoms with Crippen molar-refractivity contribution in [3.05, 3.63) is 54.0 Å². The average Bonchev–Trinajstić information content (AvgIpc) is 2.63. The molecule has 0 spiro atoms. The highest BCUT2D eigenvalue weighted by molar-refractivity contribution is 7.65. The molecule has 1 aromatic carbocycles. The minimum atomic E-state index is -3.72. The highest BCUT2D eigenvalue weighted by atomic mass is 31.2. The number of pyridine rings is 1. The molecule has 0 saturated carbocycles. The number of ether oxygens (including phenoxy) is 1. The highest BCUT2D eigenvalue weighted by Gasteiger charge is 2.35. The number of hydrogen-bond acceptors (Lipinski definition) is 7. The van der Waals surface area contributed by atoms with E-state index in [0.29, 0.717) is 22.1 Å². The van der Waals surface area contributed by atoms with Crippen LogP contribution in [0.1, 0.15) is 38.8 Å². The molecule has 7 nitrogen and oxygen atoms in total. The molecule has 2 N–H and O–H groups in total. The Kier molecular flexibility index (Phi) is 7.85. The minimum absolute atomic E-state index is 0.0280. The molecule has 0 radical (unpaired) electrons. The van der Waals surface area contributed by atoms with Crippen LogP contribution in [0.4, 0.5) is 5.69 Å². The molecule has 0 unspecified atom stereocenters. The average molecular weight is 420 g/mol. The molecule has 0 amide bonds. The van der Waals surface area contributed by atoms with Crippen molar-refractivity contribution < 1.29 is 23.5 Å². The van der Waals surface area contributed by atoms with Gasteiger partial charge in [0.05, 0.1) is 36.5 Å². The molecule has 0 bridgehead atoms. The predicted molar refractivity (Wildman–Crippen MR) is 115 cm³/mol. The summed E-state index contributed by atoms with van der Waals surface area (Å²) in [4.78, 5) is 4.07. The van der Waals surface area contributed by atoms with Crippen molar-refractivity contribution in [3.63, 3.8) is 0 Å². The summed E-state index contributed by atoms with van der Waals surface area (Å²) in [5.41, 5.74) is 1.85. The van der Waals surface area contributed by atoms with Gasteiger partial charge in [-0.1, -0.05) is 0 Å². The molecule has 0 aliphatic carbocycles. The summed E-state index contributed by atoms with van der Waals surface area (Å²) >= 11 is 0. The lowest BCUT2D eigenvalue weighted by Crippen LogP contribution is -2.10. The topological polar surface area (TPSA) is 89.9 Å². The van der Waals surface area contributed by atoms with Crippen LogP contribution in [0.3, 0.4) is 0 Å². The van der Waals surface area contributed by atoms with Crippen LogP contribution in [-0.2, 0) is 13.6 Å². The van der Waals surface area contributed by atoms with Crippen LogP contribution in [0.2, 0.25) is 0 Å². The number of methoxy groups -OCH3 is 1. The fourth-order valence-electron chi connectivity index (χ4n) is 2.66. The monoisotopic (exact) mass is 420 g/mol. The zero-order valence-corrected chi connectivity index (χ0v) is 18.6. The highest BCUT2D eigenvalue weighted by Crippen LogP contribution is 2.62. The quantitative estimate of drug-likeness (QED) is 0.514. The van der Waals surface area contributed by atoms with Crippen molar-refractivity contribution in [3.8, 4) is 11.5 Å². The van der Waals surface area contributed by atoms with Crippen LogP contribution >= 0.6 is 7.60 Å². The molecule has 2 aromatic rings. The second kappa shape index (κ2) is 9.92. The van der Waals surface area contributed by atoms with Crippen LogP contribution in [-0.4, -0.2) is 29.4 Å². The van der Waals surface area contributed by atoms with Gasteiger partial charge in [0, 0.05) is 12.4 Å². The first-order valence-corrected chi connectivity index (χ1v) is 10.9. The van der Waals surface area contributed by atoms with E-state index in [-0.39, 0.29) is 23.7 Å². The lowest BCUT2D eigenvalue weighted by molar-refractivity contribution is 0.151. The van der Waals surface area contributed by atoms with E-state index < -0.39 is 7.60 Å². The Hall–Kier alpha value is -2.34.